The maximum absolute atomic E-state index is 11.9. The quantitative estimate of drug-likeness (QED) is 0.811. The van der Waals surface area contributed by atoms with E-state index in [9.17, 15) is 4.79 Å². The van der Waals surface area contributed by atoms with E-state index in [4.69, 9.17) is 4.74 Å². The lowest BCUT2D eigenvalue weighted by Crippen LogP contribution is -2.48. The van der Waals surface area contributed by atoms with Gasteiger partial charge >= 0.3 is 0 Å². The van der Waals surface area contributed by atoms with Crippen LogP contribution < -0.4 is 10.6 Å². The largest absolute Gasteiger partial charge is 0.366 e. The topological polar surface area (TPSA) is 55.3 Å². The van der Waals surface area contributed by atoms with E-state index in [1.807, 2.05) is 12.1 Å². The highest BCUT2D eigenvalue weighted by Crippen LogP contribution is 2.15. The average molecular weight is 287 g/mol. The molecule has 21 heavy (non-hydrogen) atoms. The zero-order valence-electron chi connectivity index (χ0n) is 12.0. The molecular formula is C16H21N3O2. The van der Waals surface area contributed by atoms with Crippen LogP contribution in [0.2, 0.25) is 0 Å². The van der Waals surface area contributed by atoms with Gasteiger partial charge in [-0.15, -0.1) is 0 Å². The number of para-hydroxylation sites is 1. The van der Waals surface area contributed by atoms with Gasteiger partial charge in [-0.25, -0.2) is 0 Å². The lowest BCUT2D eigenvalue weighted by atomic mass is 10.2. The number of ether oxygens (including phenoxy) is 1. The molecule has 2 aromatic rings. The third kappa shape index (κ3) is 3.43. The van der Waals surface area contributed by atoms with Gasteiger partial charge in [0.1, 0.15) is 6.10 Å². The normalized spacial score (nSPS) is 18.8. The van der Waals surface area contributed by atoms with Crippen LogP contribution in [0, 0.1) is 0 Å². The van der Waals surface area contributed by atoms with Gasteiger partial charge in [0.2, 0.25) is 5.91 Å². The van der Waals surface area contributed by atoms with Crippen molar-refractivity contribution in [2.75, 3.05) is 26.2 Å². The number of fused-ring (bicyclic) bond motifs is 1. The molecule has 1 aliphatic heterocycles. The first kappa shape index (κ1) is 14.1. The Kier molecular flexibility index (Phi) is 4.52. The first-order valence-electron chi connectivity index (χ1n) is 7.48. The Morgan fingerprint density at radius 3 is 3.14 bits per heavy atom. The average Bonchev–Trinajstić information content (AvgIpc) is 2.95. The number of rotatable bonds is 5. The molecule has 1 amide bonds. The number of aromatic nitrogens is 1. The summed E-state index contributed by atoms with van der Waals surface area (Å²) in [5.41, 5.74) is 1.24. The number of hydrogen-bond acceptors (Lipinski definition) is 3. The molecule has 1 saturated heterocycles. The first-order valence-corrected chi connectivity index (χ1v) is 7.48. The number of aryl methyl sites for hydroxylation is 1. The lowest BCUT2D eigenvalue weighted by molar-refractivity contribution is -0.134. The maximum Gasteiger partial charge on any atom is 0.250 e. The van der Waals surface area contributed by atoms with Gasteiger partial charge < -0.3 is 19.9 Å². The summed E-state index contributed by atoms with van der Waals surface area (Å²) in [5.74, 6) is -0.0143. The summed E-state index contributed by atoms with van der Waals surface area (Å²) >= 11 is 0. The summed E-state index contributed by atoms with van der Waals surface area (Å²) in [6.07, 6.45) is 2.66. The third-order valence-electron chi connectivity index (χ3n) is 3.78. The minimum Gasteiger partial charge on any atom is -0.366 e. The molecule has 0 bridgehead atoms. The summed E-state index contributed by atoms with van der Waals surface area (Å²) in [7, 11) is 0. The van der Waals surface area contributed by atoms with Gasteiger partial charge in [-0.1, -0.05) is 18.2 Å². The second kappa shape index (κ2) is 6.74. The van der Waals surface area contributed by atoms with E-state index < -0.39 is 0 Å². The lowest BCUT2D eigenvalue weighted by Gasteiger charge is -2.22. The van der Waals surface area contributed by atoms with Crippen LogP contribution in [0.3, 0.4) is 0 Å². The summed E-state index contributed by atoms with van der Waals surface area (Å²) in [5, 5.41) is 7.36. The van der Waals surface area contributed by atoms with Gasteiger partial charge in [0.15, 0.2) is 0 Å². The van der Waals surface area contributed by atoms with Crippen LogP contribution in [0.1, 0.15) is 6.42 Å². The highest BCUT2D eigenvalue weighted by molar-refractivity contribution is 5.81. The van der Waals surface area contributed by atoms with Crippen LogP contribution in [0.15, 0.2) is 36.5 Å². The molecule has 2 heterocycles. The van der Waals surface area contributed by atoms with E-state index in [-0.39, 0.29) is 12.0 Å². The Morgan fingerprint density at radius 1 is 1.38 bits per heavy atom. The summed E-state index contributed by atoms with van der Waals surface area (Å²) < 4.78 is 7.64. The second-order valence-corrected chi connectivity index (χ2v) is 5.28. The van der Waals surface area contributed by atoms with Crippen molar-refractivity contribution in [3.63, 3.8) is 0 Å². The Balaban J connectivity index is 1.44. The summed E-state index contributed by atoms with van der Waals surface area (Å²) in [6, 6.07) is 10.4. The Hall–Kier alpha value is -1.85. The fourth-order valence-corrected chi connectivity index (χ4v) is 2.64. The highest BCUT2D eigenvalue weighted by atomic mass is 16.5. The summed E-state index contributed by atoms with van der Waals surface area (Å²) in [4.78, 5) is 11.9. The molecule has 1 unspecified atom stereocenters. The van der Waals surface area contributed by atoms with Crippen molar-refractivity contribution in [3.8, 4) is 0 Å². The number of benzene rings is 1. The van der Waals surface area contributed by atoms with Gasteiger partial charge in [0.25, 0.3) is 0 Å². The monoisotopic (exact) mass is 287 g/mol. The van der Waals surface area contributed by atoms with Crippen molar-refractivity contribution in [2.24, 2.45) is 0 Å². The Labute approximate surface area is 124 Å². The Morgan fingerprint density at radius 2 is 2.29 bits per heavy atom. The molecule has 5 nitrogen and oxygen atoms in total. The predicted molar refractivity (Wildman–Crippen MR) is 82.2 cm³/mol. The van der Waals surface area contributed by atoms with Crippen LogP contribution in [-0.2, 0) is 16.1 Å². The van der Waals surface area contributed by atoms with Gasteiger partial charge in [0.05, 0.1) is 6.61 Å². The smallest absolute Gasteiger partial charge is 0.250 e. The molecule has 1 aliphatic rings. The molecule has 1 atom stereocenters. The molecule has 3 rings (SSSR count). The number of morpholine rings is 1. The maximum atomic E-state index is 11.9. The number of carbonyl (C=O) groups is 1. The SMILES string of the molecule is O=C(NCCCn1ccc2ccccc21)C1CNCCO1. The van der Waals surface area contributed by atoms with E-state index in [0.29, 0.717) is 19.7 Å². The van der Waals surface area contributed by atoms with Crippen molar-refractivity contribution in [1.82, 2.24) is 15.2 Å². The zero-order chi connectivity index (χ0) is 14.5. The van der Waals surface area contributed by atoms with Crippen LogP contribution in [-0.4, -0.2) is 42.8 Å². The predicted octanol–water partition coefficient (Wildman–Crippen LogP) is 1.14. The van der Waals surface area contributed by atoms with Crippen LogP contribution in [0.5, 0.6) is 0 Å². The van der Waals surface area contributed by atoms with E-state index in [2.05, 4.69) is 39.6 Å². The molecule has 0 aliphatic carbocycles. The number of hydrogen-bond donors (Lipinski definition) is 2. The highest BCUT2D eigenvalue weighted by Gasteiger charge is 2.20. The molecule has 0 saturated carbocycles. The second-order valence-electron chi connectivity index (χ2n) is 5.28. The molecule has 1 fully saturated rings. The molecule has 1 aromatic carbocycles. The van der Waals surface area contributed by atoms with Crippen molar-refractivity contribution >= 4 is 16.8 Å². The fraction of sp³-hybridized carbons (Fsp3) is 0.438. The van der Waals surface area contributed by atoms with E-state index in [0.717, 1.165) is 19.5 Å². The minimum absolute atomic E-state index is 0.0143. The van der Waals surface area contributed by atoms with Gasteiger partial charge in [-0.2, -0.15) is 0 Å². The van der Waals surface area contributed by atoms with Gasteiger partial charge in [-0.3, -0.25) is 4.79 Å². The Bertz CT molecular complexity index is 602. The minimum atomic E-state index is -0.342. The third-order valence-corrected chi connectivity index (χ3v) is 3.78. The molecule has 2 N–H and O–H groups in total. The van der Waals surface area contributed by atoms with Crippen molar-refractivity contribution in [2.45, 2.75) is 19.1 Å². The van der Waals surface area contributed by atoms with Crippen molar-refractivity contribution in [1.29, 1.82) is 0 Å². The number of nitrogens with zero attached hydrogens (tertiary/aromatic N) is 1. The van der Waals surface area contributed by atoms with Gasteiger partial charge in [-0.05, 0) is 23.9 Å². The van der Waals surface area contributed by atoms with Crippen LogP contribution in [0.25, 0.3) is 10.9 Å². The molecule has 0 spiro atoms. The van der Waals surface area contributed by atoms with E-state index >= 15 is 0 Å². The van der Waals surface area contributed by atoms with Crippen LogP contribution in [0.4, 0.5) is 0 Å². The molecule has 112 valence electrons. The molecule has 5 heteroatoms. The standard InChI is InChI=1S/C16H21N3O2/c20-16(15-12-17-8-11-21-15)18-7-3-9-19-10-6-13-4-1-2-5-14(13)19/h1-2,4-6,10,15,17H,3,7-9,11-12H2,(H,18,20). The number of carbonyl (C=O) groups excluding carboxylic acids is 1. The van der Waals surface area contributed by atoms with E-state index in [1.165, 1.54) is 10.9 Å². The van der Waals surface area contributed by atoms with E-state index in [1.54, 1.807) is 0 Å². The zero-order valence-corrected chi connectivity index (χ0v) is 12.0. The van der Waals surface area contributed by atoms with Gasteiger partial charge in [0, 0.05) is 37.9 Å². The van der Waals surface area contributed by atoms with Crippen molar-refractivity contribution in [3.05, 3.63) is 36.5 Å². The molecule has 0 radical (unpaired) electrons. The number of nitrogens with one attached hydrogen (secondary N) is 2. The van der Waals surface area contributed by atoms with Crippen LogP contribution >= 0.6 is 0 Å². The fourth-order valence-electron chi connectivity index (χ4n) is 2.64. The summed E-state index contributed by atoms with van der Waals surface area (Å²) in [6.45, 7) is 3.61. The first-order chi connectivity index (χ1) is 10.3. The number of amides is 1. The molecule has 1 aromatic heterocycles. The molecular weight excluding hydrogens is 266 g/mol. The van der Waals surface area contributed by atoms with Crippen molar-refractivity contribution < 1.29 is 9.53 Å².